The van der Waals surface area contributed by atoms with Gasteiger partial charge in [-0.2, -0.15) is 6.92 Å². The van der Waals surface area contributed by atoms with Crippen molar-refractivity contribution in [1.29, 1.82) is 0 Å². The maximum Gasteiger partial charge on any atom is -0.0000000000496 e. The third-order valence-corrected chi connectivity index (χ3v) is 1.03. The normalized spacial score (nSPS) is 3.74. The van der Waals surface area contributed by atoms with Gasteiger partial charge in [0.05, 0.1) is 0 Å². The maximum absolute atomic E-state index is 6.48. The van der Waals surface area contributed by atoms with Crippen molar-refractivity contribution >= 4 is 0 Å². The van der Waals surface area contributed by atoms with Crippen LogP contribution in [0.25, 0.3) is 0 Å². The lowest BCUT2D eigenvalue weighted by Gasteiger charge is -1.64. The fourth-order valence-corrected chi connectivity index (χ4v) is 0.482. The fourth-order valence-electron chi connectivity index (χ4n) is 0.482. The molecule has 0 atom stereocenters. The highest BCUT2D eigenvalue weighted by atomic mass is 13.6. The summed E-state index contributed by atoms with van der Waals surface area (Å²) in [5.41, 5.74) is 0. The summed E-state index contributed by atoms with van der Waals surface area (Å²) < 4.78 is 0. The molecule has 0 rings (SSSR count). The number of hydrogen-bond donors (Lipinski definition) is 0. The molecule has 0 aliphatic heterocycles. The SMILES string of the molecule is [C-]#CC#CC#CC#CC#CC#CC#CC#CC#C[CH2-]. The van der Waals surface area contributed by atoms with E-state index < -0.39 is 0 Å². The quantitative estimate of drug-likeness (QED) is 0.418. The molecule has 0 radical (unpaired) electrons. The summed E-state index contributed by atoms with van der Waals surface area (Å²) in [5.74, 6) is 40.7. The number of hydrogen-bond acceptors (Lipinski definition) is 0. The lowest BCUT2D eigenvalue weighted by atomic mass is 10.5. The van der Waals surface area contributed by atoms with E-state index in [1.54, 1.807) is 0 Å². The molecule has 0 bridgehead atoms. The smallest absolute Gasteiger partial charge is 0.0000000000496 e. The average molecular weight is 230 g/mol. The first-order valence-electron chi connectivity index (χ1n) is 4.60. The molecule has 0 heterocycles. The molecule has 0 nitrogen and oxygen atoms in total. The van der Waals surface area contributed by atoms with E-state index in [2.05, 4.69) is 102 Å². The van der Waals surface area contributed by atoms with Crippen LogP contribution in [0, 0.1) is 114 Å². The van der Waals surface area contributed by atoms with Gasteiger partial charge in [0.1, 0.15) is 0 Å². The molecule has 0 aromatic carbocycles. The number of rotatable bonds is 0. The van der Waals surface area contributed by atoms with Crippen LogP contribution < -0.4 is 0 Å². The molecular weight excluding hydrogens is 228 g/mol. The Kier molecular flexibility index (Phi) is 10.9. The fraction of sp³-hybridized carbons (Fsp3) is 0. The summed E-state index contributed by atoms with van der Waals surface area (Å²) in [6.07, 6.45) is 6.48. The Bertz CT molecular complexity index is 857. The average Bonchev–Trinajstić information content (AvgIpc) is 2.43. The standard InChI is InChI=1S/C19H2/c1-3-5-7-9-11-13-15-17-19-18-16-14-12-10-8-6-4-2/h1H2/q-2. The van der Waals surface area contributed by atoms with Crippen molar-refractivity contribution in [2.24, 2.45) is 0 Å². The Morgan fingerprint density at radius 2 is 0.684 bits per heavy atom. The van der Waals surface area contributed by atoms with Gasteiger partial charge in [0, 0.05) is 0 Å². The van der Waals surface area contributed by atoms with Crippen LogP contribution in [-0.2, 0) is 0 Å². The minimum absolute atomic E-state index is 1.87. The van der Waals surface area contributed by atoms with E-state index in [1.807, 2.05) is 5.92 Å². The topological polar surface area (TPSA) is 0 Å². The van der Waals surface area contributed by atoms with Gasteiger partial charge in [-0.3, -0.25) is 11.8 Å². The molecule has 0 saturated carbocycles. The Morgan fingerprint density at radius 1 is 0.421 bits per heavy atom. The zero-order valence-electron chi connectivity index (χ0n) is 9.71. The van der Waals surface area contributed by atoms with E-state index in [0.717, 1.165) is 0 Å². The monoisotopic (exact) mass is 230 g/mol. The Balaban J connectivity index is 4.32. The third kappa shape index (κ3) is 13.9. The zero-order valence-corrected chi connectivity index (χ0v) is 9.71. The zero-order chi connectivity index (χ0) is 14.0. The van der Waals surface area contributed by atoms with E-state index >= 15 is 0 Å². The molecule has 0 saturated heterocycles. The Labute approximate surface area is 114 Å². The maximum atomic E-state index is 6.48. The molecule has 0 aromatic heterocycles. The lowest BCUT2D eigenvalue weighted by Crippen LogP contribution is -1.56. The molecule has 0 heteroatoms. The van der Waals surface area contributed by atoms with Crippen molar-refractivity contribution in [3.63, 3.8) is 0 Å². The van der Waals surface area contributed by atoms with Crippen molar-refractivity contribution in [2.75, 3.05) is 0 Å². The molecule has 80 valence electrons. The van der Waals surface area contributed by atoms with Gasteiger partial charge >= 0.3 is 0 Å². The van der Waals surface area contributed by atoms with E-state index in [1.165, 1.54) is 0 Å². The summed E-state index contributed by atoms with van der Waals surface area (Å²) in [6, 6.07) is 0. The first kappa shape index (κ1) is 14.9. The molecule has 0 aromatic rings. The van der Waals surface area contributed by atoms with Gasteiger partial charge in [-0.05, 0) is 65.1 Å². The van der Waals surface area contributed by atoms with Gasteiger partial charge in [0.15, 0.2) is 0 Å². The molecule has 0 N–H and O–H groups in total. The van der Waals surface area contributed by atoms with E-state index in [0.29, 0.717) is 0 Å². The second-order valence-corrected chi connectivity index (χ2v) is 2.18. The highest BCUT2D eigenvalue weighted by Crippen LogP contribution is 1.58. The molecule has 0 unspecified atom stereocenters. The first-order valence-corrected chi connectivity index (χ1v) is 4.60. The molecule has 19 heavy (non-hydrogen) atoms. The first-order chi connectivity index (χ1) is 9.41. The van der Waals surface area contributed by atoms with Crippen LogP contribution in [0.15, 0.2) is 0 Å². The summed E-state index contributed by atoms with van der Waals surface area (Å²) in [5, 5.41) is 0. The lowest BCUT2D eigenvalue weighted by molar-refractivity contribution is 2.31. The molecule has 0 spiro atoms. The second-order valence-electron chi connectivity index (χ2n) is 2.18. The molecule has 0 amide bonds. The molecule has 0 aliphatic rings. The van der Waals surface area contributed by atoms with Gasteiger partial charge in [-0.25, -0.2) is 11.8 Å². The predicted molar refractivity (Wildman–Crippen MR) is 74.7 cm³/mol. The highest BCUT2D eigenvalue weighted by Gasteiger charge is 1.56. The van der Waals surface area contributed by atoms with Crippen LogP contribution >= 0.6 is 0 Å². The van der Waals surface area contributed by atoms with Gasteiger partial charge in [0.2, 0.25) is 0 Å². The predicted octanol–water partition coefficient (Wildman–Crippen LogP) is 0.437. The molecule has 0 fully saturated rings. The Morgan fingerprint density at radius 3 is 0.947 bits per heavy atom. The highest BCUT2D eigenvalue weighted by molar-refractivity contribution is 5.46. The van der Waals surface area contributed by atoms with Crippen molar-refractivity contribution in [3.05, 3.63) is 13.3 Å². The molecular formula is C19H2-2. The van der Waals surface area contributed by atoms with Crippen molar-refractivity contribution in [1.82, 2.24) is 0 Å². The second kappa shape index (κ2) is 13.9. The molecule has 0 aliphatic carbocycles. The van der Waals surface area contributed by atoms with Gasteiger partial charge in [-0.1, -0.05) is 0 Å². The van der Waals surface area contributed by atoms with Crippen LogP contribution in [0.1, 0.15) is 0 Å². The summed E-state index contributed by atoms with van der Waals surface area (Å²) in [6.45, 7) is 3.29. The van der Waals surface area contributed by atoms with E-state index in [-0.39, 0.29) is 0 Å². The van der Waals surface area contributed by atoms with Crippen molar-refractivity contribution in [2.45, 2.75) is 0 Å². The van der Waals surface area contributed by atoms with E-state index in [4.69, 9.17) is 6.42 Å². The van der Waals surface area contributed by atoms with Crippen LogP contribution in [0.3, 0.4) is 0 Å². The van der Waals surface area contributed by atoms with E-state index in [9.17, 15) is 0 Å². The summed E-state index contributed by atoms with van der Waals surface area (Å²) in [4.78, 5) is 0. The minimum atomic E-state index is 1.87. The van der Waals surface area contributed by atoms with Crippen LogP contribution in [0.4, 0.5) is 0 Å². The van der Waals surface area contributed by atoms with Crippen LogP contribution in [-0.4, -0.2) is 0 Å². The van der Waals surface area contributed by atoms with Crippen molar-refractivity contribution < 1.29 is 0 Å². The van der Waals surface area contributed by atoms with Gasteiger partial charge in [0.25, 0.3) is 0 Å². The van der Waals surface area contributed by atoms with Crippen LogP contribution in [0.5, 0.6) is 0 Å². The largest absolute Gasteiger partial charge is 0.358 e. The van der Waals surface area contributed by atoms with Gasteiger partial charge in [-0.15, -0.1) is 11.8 Å². The Hall–Kier alpha value is -4.09. The third-order valence-electron chi connectivity index (χ3n) is 1.03. The minimum Gasteiger partial charge on any atom is -0.358 e. The van der Waals surface area contributed by atoms with Gasteiger partial charge < -0.3 is 6.42 Å². The summed E-state index contributed by atoms with van der Waals surface area (Å²) in [7, 11) is 0. The van der Waals surface area contributed by atoms with Crippen LogP contribution in [0.2, 0.25) is 0 Å². The summed E-state index contributed by atoms with van der Waals surface area (Å²) >= 11 is 0. The van der Waals surface area contributed by atoms with Crippen molar-refractivity contribution in [3.8, 4) is 101 Å².